The van der Waals surface area contributed by atoms with E-state index in [-0.39, 0.29) is 5.91 Å². The van der Waals surface area contributed by atoms with Crippen LogP contribution >= 0.6 is 0 Å². The molecule has 7 nitrogen and oxygen atoms in total. The van der Waals surface area contributed by atoms with Gasteiger partial charge in [0.05, 0.1) is 66.1 Å². The number of rotatable bonds is 9. The Morgan fingerprint density at radius 1 is 0.935 bits per heavy atom. The Kier molecular flexibility index (Phi) is 8.00. The summed E-state index contributed by atoms with van der Waals surface area (Å²) >= 11 is 0. The molecule has 1 amide bonds. The van der Waals surface area contributed by atoms with Crippen molar-refractivity contribution in [3.63, 3.8) is 0 Å². The number of ether oxygens (including phenoxy) is 4. The number of benzene rings is 2. The summed E-state index contributed by atoms with van der Waals surface area (Å²) < 4.78 is 22.2. The van der Waals surface area contributed by atoms with Gasteiger partial charge in [-0.15, -0.1) is 0 Å². The molecule has 1 saturated heterocycles. The number of hydrogen-bond acceptors (Lipinski definition) is 5. The minimum atomic E-state index is 0.149. The van der Waals surface area contributed by atoms with Crippen LogP contribution in [-0.4, -0.2) is 64.9 Å². The van der Waals surface area contributed by atoms with Crippen LogP contribution in [0.1, 0.15) is 17.5 Å². The van der Waals surface area contributed by atoms with E-state index in [1.807, 2.05) is 48.2 Å². The van der Waals surface area contributed by atoms with E-state index in [1.165, 1.54) is 4.90 Å². The van der Waals surface area contributed by atoms with Crippen molar-refractivity contribution in [2.24, 2.45) is 0 Å². The van der Waals surface area contributed by atoms with E-state index in [2.05, 4.69) is 0 Å². The van der Waals surface area contributed by atoms with E-state index in [9.17, 15) is 4.79 Å². The fourth-order valence-electron chi connectivity index (χ4n) is 3.95. The lowest BCUT2D eigenvalue weighted by atomic mass is 10.1. The first-order valence-corrected chi connectivity index (χ1v) is 10.6. The third-order valence-corrected chi connectivity index (χ3v) is 5.72. The van der Waals surface area contributed by atoms with Gasteiger partial charge >= 0.3 is 0 Å². The molecule has 0 aliphatic carbocycles. The van der Waals surface area contributed by atoms with Gasteiger partial charge in [0.15, 0.2) is 11.5 Å². The molecular formula is C24H33N2O5+. The summed E-state index contributed by atoms with van der Waals surface area (Å²) in [4.78, 5) is 15.9. The number of nitrogens with one attached hydrogen (secondary N) is 1. The molecule has 0 aromatic heterocycles. The molecule has 168 valence electrons. The molecule has 1 aliphatic rings. The quantitative estimate of drug-likeness (QED) is 0.658. The standard InChI is InChI=1S/C24H32N2O5/c1-18-7-5-6-8-20(18)31-16-11-22(27)26-14-12-25(13-15-26)17-19-9-10-21(28-2)24(30-4)23(19)29-3/h5-10H,11-17H2,1-4H3/p+1. The van der Waals surface area contributed by atoms with E-state index >= 15 is 0 Å². The van der Waals surface area contributed by atoms with Gasteiger partial charge in [0.1, 0.15) is 12.3 Å². The Labute approximate surface area is 184 Å². The van der Waals surface area contributed by atoms with E-state index < -0.39 is 0 Å². The van der Waals surface area contributed by atoms with Crippen LogP contribution in [0.15, 0.2) is 36.4 Å². The fraction of sp³-hybridized carbons (Fsp3) is 0.458. The number of nitrogens with zero attached hydrogens (tertiary/aromatic N) is 1. The topological polar surface area (TPSA) is 61.7 Å². The van der Waals surface area contributed by atoms with Gasteiger partial charge in [0.25, 0.3) is 0 Å². The van der Waals surface area contributed by atoms with Crippen LogP contribution in [0.5, 0.6) is 23.0 Å². The SMILES string of the molecule is COc1ccc(C[NH+]2CCN(C(=O)CCOc3ccccc3C)CC2)c(OC)c1OC. The Balaban J connectivity index is 1.49. The van der Waals surface area contributed by atoms with Crippen LogP contribution in [-0.2, 0) is 11.3 Å². The number of piperazine rings is 1. The number of quaternary nitrogens is 1. The lowest BCUT2D eigenvalue weighted by molar-refractivity contribution is -0.917. The summed E-state index contributed by atoms with van der Waals surface area (Å²) in [6.07, 6.45) is 0.396. The van der Waals surface area contributed by atoms with Crippen LogP contribution in [0.4, 0.5) is 0 Å². The molecule has 1 N–H and O–H groups in total. The predicted octanol–water partition coefficient (Wildman–Crippen LogP) is 1.72. The number of carbonyl (C=O) groups is 1. The molecule has 2 aromatic carbocycles. The molecule has 0 spiro atoms. The van der Waals surface area contributed by atoms with Crippen molar-refractivity contribution >= 4 is 5.91 Å². The summed E-state index contributed by atoms with van der Waals surface area (Å²) in [6, 6.07) is 11.8. The Morgan fingerprint density at radius 3 is 2.29 bits per heavy atom. The Hall–Kier alpha value is -2.93. The van der Waals surface area contributed by atoms with Gasteiger partial charge < -0.3 is 28.7 Å². The highest BCUT2D eigenvalue weighted by Gasteiger charge is 2.26. The monoisotopic (exact) mass is 429 g/mol. The predicted molar refractivity (Wildman–Crippen MR) is 118 cm³/mol. The number of carbonyl (C=O) groups excluding carboxylic acids is 1. The summed E-state index contributed by atoms with van der Waals surface area (Å²) in [6.45, 7) is 6.49. The lowest BCUT2D eigenvalue weighted by Crippen LogP contribution is -3.13. The first kappa shape index (κ1) is 22.7. The fourth-order valence-corrected chi connectivity index (χ4v) is 3.95. The molecule has 0 radical (unpaired) electrons. The zero-order valence-electron chi connectivity index (χ0n) is 18.9. The van der Waals surface area contributed by atoms with Crippen molar-refractivity contribution in [1.29, 1.82) is 0 Å². The van der Waals surface area contributed by atoms with Gasteiger partial charge in [-0.05, 0) is 30.7 Å². The smallest absolute Gasteiger partial charge is 0.226 e. The average Bonchev–Trinajstić information content (AvgIpc) is 2.80. The first-order chi connectivity index (χ1) is 15.1. The molecule has 7 heteroatoms. The van der Waals surface area contributed by atoms with Crippen molar-refractivity contribution < 1.29 is 28.6 Å². The highest BCUT2D eigenvalue weighted by molar-refractivity contribution is 5.76. The second-order valence-corrected chi connectivity index (χ2v) is 7.66. The van der Waals surface area contributed by atoms with Gasteiger partial charge in [-0.1, -0.05) is 18.2 Å². The zero-order chi connectivity index (χ0) is 22.2. The molecule has 0 unspecified atom stereocenters. The minimum absolute atomic E-state index is 0.149. The largest absolute Gasteiger partial charge is 0.493 e. The van der Waals surface area contributed by atoms with Crippen LogP contribution < -0.4 is 23.8 Å². The molecule has 3 rings (SSSR count). The number of aryl methyl sites for hydroxylation is 1. The summed E-state index contributed by atoms with van der Waals surface area (Å²) in [5, 5.41) is 0. The Morgan fingerprint density at radius 2 is 1.65 bits per heavy atom. The minimum Gasteiger partial charge on any atom is -0.493 e. The van der Waals surface area contributed by atoms with E-state index in [4.69, 9.17) is 18.9 Å². The lowest BCUT2D eigenvalue weighted by Gasteiger charge is -2.32. The van der Waals surface area contributed by atoms with Crippen LogP contribution in [0.25, 0.3) is 0 Å². The molecule has 31 heavy (non-hydrogen) atoms. The molecule has 0 atom stereocenters. The van der Waals surface area contributed by atoms with E-state index in [0.29, 0.717) is 30.3 Å². The third-order valence-electron chi connectivity index (χ3n) is 5.72. The summed E-state index contributed by atoms with van der Waals surface area (Å²) in [7, 11) is 4.88. The molecule has 0 saturated carbocycles. The molecule has 2 aromatic rings. The van der Waals surface area contributed by atoms with Crippen molar-refractivity contribution in [2.45, 2.75) is 19.9 Å². The zero-order valence-corrected chi connectivity index (χ0v) is 18.9. The van der Waals surface area contributed by atoms with Gasteiger partial charge in [-0.3, -0.25) is 4.79 Å². The molecule has 0 bridgehead atoms. The summed E-state index contributed by atoms with van der Waals surface area (Å²) in [5.41, 5.74) is 2.15. The van der Waals surface area contributed by atoms with E-state index in [0.717, 1.165) is 49.6 Å². The van der Waals surface area contributed by atoms with Gasteiger partial charge in [0.2, 0.25) is 11.7 Å². The first-order valence-electron chi connectivity index (χ1n) is 10.6. The van der Waals surface area contributed by atoms with Gasteiger partial charge in [-0.25, -0.2) is 0 Å². The average molecular weight is 430 g/mol. The number of hydrogen-bond donors (Lipinski definition) is 1. The Bertz CT molecular complexity index is 878. The van der Waals surface area contributed by atoms with Crippen LogP contribution in [0.2, 0.25) is 0 Å². The van der Waals surface area contributed by atoms with Crippen LogP contribution in [0.3, 0.4) is 0 Å². The highest BCUT2D eigenvalue weighted by atomic mass is 16.5. The molecule has 1 aliphatic heterocycles. The van der Waals surface area contributed by atoms with Gasteiger partial charge in [-0.2, -0.15) is 0 Å². The molecule has 1 fully saturated rings. The molecular weight excluding hydrogens is 396 g/mol. The second-order valence-electron chi connectivity index (χ2n) is 7.66. The molecule has 1 heterocycles. The number of amides is 1. The summed E-state index contributed by atoms with van der Waals surface area (Å²) in [5.74, 6) is 2.97. The van der Waals surface area contributed by atoms with Crippen molar-refractivity contribution in [2.75, 3.05) is 54.1 Å². The van der Waals surface area contributed by atoms with E-state index in [1.54, 1.807) is 21.3 Å². The van der Waals surface area contributed by atoms with Crippen molar-refractivity contribution in [3.8, 4) is 23.0 Å². The number of para-hydroxylation sites is 1. The third kappa shape index (κ3) is 5.61. The maximum atomic E-state index is 12.6. The highest BCUT2D eigenvalue weighted by Crippen LogP contribution is 2.39. The van der Waals surface area contributed by atoms with Crippen molar-refractivity contribution in [1.82, 2.24) is 4.90 Å². The van der Waals surface area contributed by atoms with Crippen LogP contribution in [0, 0.1) is 6.92 Å². The maximum Gasteiger partial charge on any atom is 0.226 e. The van der Waals surface area contributed by atoms with Gasteiger partial charge in [0, 0.05) is 0 Å². The second kappa shape index (κ2) is 10.9. The normalized spacial score (nSPS) is 14.3. The number of methoxy groups -OCH3 is 3. The van der Waals surface area contributed by atoms with Crippen molar-refractivity contribution in [3.05, 3.63) is 47.5 Å². The maximum absolute atomic E-state index is 12.6.